The average molecular weight is 425 g/mol. The lowest BCUT2D eigenvalue weighted by molar-refractivity contribution is -0.114. The Morgan fingerprint density at radius 1 is 1.11 bits per heavy atom. The summed E-state index contributed by atoms with van der Waals surface area (Å²) in [5.74, 6) is -0.382. The SMILES string of the molecule is CC(=O)Nc1ccc(C=CC(=O)Nc2cc(Br)ccc2-n2cccn2)cc1. The fourth-order valence-electron chi connectivity index (χ4n) is 2.45. The molecule has 2 aromatic carbocycles. The molecule has 0 spiro atoms. The van der Waals surface area contributed by atoms with Crippen molar-refractivity contribution in [1.29, 1.82) is 0 Å². The maximum Gasteiger partial charge on any atom is 0.248 e. The van der Waals surface area contributed by atoms with E-state index in [1.54, 1.807) is 29.1 Å². The second kappa shape index (κ2) is 8.46. The van der Waals surface area contributed by atoms with Crippen LogP contribution in [0.5, 0.6) is 0 Å². The number of nitrogens with zero attached hydrogens (tertiary/aromatic N) is 2. The van der Waals surface area contributed by atoms with Crippen LogP contribution in [0.1, 0.15) is 12.5 Å². The number of hydrogen-bond acceptors (Lipinski definition) is 3. The largest absolute Gasteiger partial charge is 0.326 e. The molecule has 0 saturated heterocycles. The Hall–Kier alpha value is -3.19. The Morgan fingerprint density at radius 2 is 1.89 bits per heavy atom. The first kappa shape index (κ1) is 18.6. The lowest BCUT2D eigenvalue weighted by Gasteiger charge is -2.10. The van der Waals surface area contributed by atoms with Crippen LogP contribution in [-0.2, 0) is 9.59 Å². The molecule has 3 rings (SSSR count). The van der Waals surface area contributed by atoms with Crippen LogP contribution in [0.15, 0.2) is 71.5 Å². The van der Waals surface area contributed by atoms with Crippen molar-refractivity contribution in [2.45, 2.75) is 6.92 Å². The summed E-state index contributed by atoms with van der Waals surface area (Å²) in [5, 5.41) is 9.78. The van der Waals surface area contributed by atoms with Crippen LogP contribution < -0.4 is 10.6 Å². The number of amides is 2. The molecule has 0 aliphatic heterocycles. The van der Waals surface area contributed by atoms with Gasteiger partial charge < -0.3 is 10.6 Å². The first-order valence-electron chi connectivity index (χ1n) is 8.17. The van der Waals surface area contributed by atoms with Crippen molar-refractivity contribution in [2.24, 2.45) is 0 Å². The molecule has 2 amide bonds. The quantitative estimate of drug-likeness (QED) is 0.601. The molecule has 1 heterocycles. The molecule has 0 aliphatic carbocycles. The number of aromatic nitrogens is 2. The maximum absolute atomic E-state index is 12.3. The van der Waals surface area contributed by atoms with E-state index in [2.05, 4.69) is 31.7 Å². The van der Waals surface area contributed by atoms with Gasteiger partial charge in [-0.25, -0.2) is 4.68 Å². The van der Waals surface area contributed by atoms with Gasteiger partial charge in [0, 0.05) is 35.6 Å². The Balaban J connectivity index is 1.72. The molecule has 2 N–H and O–H groups in total. The number of benzene rings is 2. The first-order chi connectivity index (χ1) is 13.0. The van der Waals surface area contributed by atoms with Crippen LogP contribution in [0.3, 0.4) is 0 Å². The summed E-state index contributed by atoms with van der Waals surface area (Å²) in [4.78, 5) is 23.4. The van der Waals surface area contributed by atoms with Gasteiger partial charge in [0.1, 0.15) is 0 Å². The van der Waals surface area contributed by atoms with Crippen LogP contribution >= 0.6 is 15.9 Å². The topological polar surface area (TPSA) is 76.0 Å². The molecule has 27 heavy (non-hydrogen) atoms. The molecule has 136 valence electrons. The van der Waals surface area contributed by atoms with Gasteiger partial charge in [0.25, 0.3) is 0 Å². The lowest BCUT2D eigenvalue weighted by Crippen LogP contribution is -2.11. The van der Waals surface area contributed by atoms with E-state index in [0.717, 1.165) is 15.7 Å². The molecule has 0 fully saturated rings. The van der Waals surface area contributed by atoms with Gasteiger partial charge in [-0.2, -0.15) is 5.10 Å². The first-order valence-corrected chi connectivity index (χ1v) is 8.97. The number of carbonyl (C=O) groups excluding carboxylic acids is 2. The van der Waals surface area contributed by atoms with Crippen LogP contribution in [0.4, 0.5) is 11.4 Å². The van der Waals surface area contributed by atoms with Crippen molar-refractivity contribution in [3.63, 3.8) is 0 Å². The minimum absolute atomic E-state index is 0.125. The number of halogens is 1. The predicted octanol–water partition coefficient (Wildman–Crippen LogP) is 4.25. The molecule has 0 bridgehead atoms. The van der Waals surface area contributed by atoms with Crippen molar-refractivity contribution in [3.8, 4) is 5.69 Å². The zero-order valence-corrected chi connectivity index (χ0v) is 16.1. The molecule has 1 aromatic heterocycles. The zero-order chi connectivity index (χ0) is 19.2. The summed E-state index contributed by atoms with van der Waals surface area (Å²) >= 11 is 3.42. The predicted molar refractivity (Wildman–Crippen MR) is 110 cm³/mol. The average Bonchev–Trinajstić information content (AvgIpc) is 3.15. The van der Waals surface area contributed by atoms with Crippen molar-refractivity contribution < 1.29 is 9.59 Å². The molecule has 0 atom stereocenters. The van der Waals surface area contributed by atoms with Gasteiger partial charge in [-0.05, 0) is 48.0 Å². The summed E-state index contributed by atoms with van der Waals surface area (Å²) in [6.45, 7) is 1.46. The molecule has 0 radical (unpaired) electrons. The van der Waals surface area contributed by atoms with Gasteiger partial charge in [0.15, 0.2) is 0 Å². The highest BCUT2D eigenvalue weighted by atomic mass is 79.9. The minimum Gasteiger partial charge on any atom is -0.326 e. The smallest absolute Gasteiger partial charge is 0.248 e. The highest BCUT2D eigenvalue weighted by Gasteiger charge is 2.08. The fraction of sp³-hybridized carbons (Fsp3) is 0.0500. The number of hydrogen-bond donors (Lipinski definition) is 2. The Bertz CT molecular complexity index is 980. The molecular formula is C20H17BrN4O2. The van der Waals surface area contributed by atoms with Crippen molar-refractivity contribution in [3.05, 3.63) is 77.0 Å². The highest BCUT2D eigenvalue weighted by molar-refractivity contribution is 9.10. The molecule has 7 heteroatoms. The number of anilines is 2. The number of rotatable bonds is 5. The van der Waals surface area contributed by atoms with E-state index in [4.69, 9.17) is 0 Å². The monoisotopic (exact) mass is 424 g/mol. The summed E-state index contributed by atoms with van der Waals surface area (Å²) in [6.07, 6.45) is 6.66. The minimum atomic E-state index is -0.257. The molecular weight excluding hydrogens is 408 g/mol. The van der Waals surface area contributed by atoms with E-state index >= 15 is 0 Å². The van der Waals surface area contributed by atoms with Crippen LogP contribution in [0.2, 0.25) is 0 Å². The van der Waals surface area contributed by atoms with Crippen LogP contribution in [-0.4, -0.2) is 21.6 Å². The summed E-state index contributed by atoms with van der Waals surface area (Å²) in [5.41, 5.74) is 2.97. The Morgan fingerprint density at radius 3 is 2.56 bits per heavy atom. The zero-order valence-electron chi connectivity index (χ0n) is 14.5. The Kier molecular flexibility index (Phi) is 5.83. The number of carbonyl (C=O) groups is 2. The summed E-state index contributed by atoms with van der Waals surface area (Å²) < 4.78 is 2.54. The van der Waals surface area contributed by atoms with Crippen molar-refractivity contribution in [1.82, 2.24) is 9.78 Å². The van der Waals surface area contributed by atoms with Crippen molar-refractivity contribution >= 4 is 45.2 Å². The van der Waals surface area contributed by atoms with E-state index in [-0.39, 0.29) is 11.8 Å². The van der Waals surface area contributed by atoms with Gasteiger partial charge in [-0.3, -0.25) is 9.59 Å². The second-order valence-corrected chi connectivity index (χ2v) is 6.65. The third-order valence-electron chi connectivity index (χ3n) is 3.63. The lowest BCUT2D eigenvalue weighted by atomic mass is 10.2. The van der Waals surface area contributed by atoms with Gasteiger partial charge >= 0.3 is 0 Å². The van der Waals surface area contributed by atoms with E-state index in [1.165, 1.54) is 13.0 Å². The molecule has 3 aromatic rings. The highest BCUT2D eigenvalue weighted by Crippen LogP contribution is 2.24. The van der Waals surface area contributed by atoms with Crippen LogP contribution in [0.25, 0.3) is 11.8 Å². The maximum atomic E-state index is 12.3. The molecule has 0 aliphatic rings. The summed E-state index contributed by atoms with van der Waals surface area (Å²) in [7, 11) is 0. The molecule has 0 saturated carbocycles. The second-order valence-electron chi connectivity index (χ2n) is 5.74. The van der Waals surface area contributed by atoms with E-state index in [1.807, 2.05) is 42.6 Å². The third kappa shape index (κ3) is 5.15. The fourth-order valence-corrected chi connectivity index (χ4v) is 2.81. The van der Waals surface area contributed by atoms with Gasteiger partial charge in [-0.1, -0.05) is 28.1 Å². The Labute approximate surface area is 165 Å². The van der Waals surface area contributed by atoms with Gasteiger partial charge in [-0.15, -0.1) is 0 Å². The normalized spacial score (nSPS) is 10.7. The molecule has 0 unspecified atom stereocenters. The summed E-state index contributed by atoms with van der Waals surface area (Å²) in [6, 6.07) is 14.6. The van der Waals surface area contributed by atoms with E-state index < -0.39 is 0 Å². The third-order valence-corrected chi connectivity index (χ3v) is 4.12. The van der Waals surface area contributed by atoms with Crippen molar-refractivity contribution in [2.75, 3.05) is 10.6 Å². The number of nitrogens with one attached hydrogen (secondary N) is 2. The van der Waals surface area contributed by atoms with Crippen LogP contribution in [0, 0.1) is 0 Å². The van der Waals surface area contributed by atoms with Gasteiger partial charge in [0.2, 0.25) is 11.8 Å². The van der Waals surface area contributed by atoms with E-state index in [0.29, 0.717) is 11.4 Å². The molecule has 6 nitrogen and oxygen atoms in total. The van der Waals surface area contributed by atoms with E-state index in [9.17, 15) is 9.59 Å². The standard InChI is InChI=1S/C20H17BrN4O2/c1-14(26)23-17-7-3-15(4-8-17)5-10-20(27)24-18-13-16(21)6-9-19(18)25-12-2-11-22-25/h2-13H,1H3,(H,23,26)(H,24,27). The van der Waals surface area contributed by atoms with Gasteiger partial charge in [0.05, 0.1) is 11.4 Å².